The molecular weight excluding hydrogens is 400 g/mol. The number of nitrogens with one attached hydrogen (secondary N) is 1. The summed E-state index contributed by atoms with van der Waals surface area (Å²) >= 11 is 6.65. The Labute approximate surface area is 179 Å². The Bertz CT molecular complexity index is 1260. The Morgan fingerprint density at radius 1 is 1.10 bits per heavy atom. The molecule has 30 heavy (non-hydrogen) atoms. The first-order valence-corrected chi connectivity index (χ1v) is 9.84. The van der Waals surface area contributed by atoms with E-state index in [2.05, 4.69) is 15.4 Å². The summed E-state index contributed by atoms with van der Waals surface area (Å²) in [6.45, 7) is 5.82. The van der Waals surface area contributed by atoms with Gasteiger partial charge in [-0.15, -0.1) is 0 Å². The van der Waals surface area contributed by atoms with E-state index in [0.29, 0.717) is 27.3 Å². The maximum absolute atomic E-state index is 12.9. The van der Waals surface area contributed by atoms with Crippen LogP contribution in [0, 0.1) is 20.8 Å². The van der Waals surface area contributed by atoms with E-state index in [-0.39, 0.29) is 5.91 Å². The van der Waals surface area contributed by atoms with E-state index in [4.69, 9.17) is 16.3 Å². The van der Waals surface area contributed by atoms with Gasteiger partial charge in [0.25, 0.3) is 5.91 Å². The fraction of sp³-hybridized carbons (Fsp3) is 0.174. The molecule has 0 spiro atoms. The average Bonchev–Trinajstić information content (AvgIpc) is 3.09. The normalized spacial score (nSPS) is 11.0. The van der Waals surface area contributed by atoms with Crippen LogP contribution in [0.25, 0.3) is 16.7 Å². The van der Waals surface area contributed by atoms with Gasteiger partial charge in [0.15, 0.2) is 5.65 Å². The third kappa shape index (κ3) is 3.39. The van der Waals surface area contributed by atoms with E-state index in [1.54, 1.807) is 11.8 Å². The van der Waals surface area contributed by atoms with Crippen LogP contribution in [-0.4, -0.2) is 27.8 Å². The molecule has 0 fully saturated rings. The lowest BCUT2D eigenvalue weighted by atomic mass is 10.1. The second kappa shape index (κ2) is 7.80. The number of benzene rings is 2. The van der Waals surface area contributed by atoms with Crippen molar-refractivity contribution in [3.63, 3.8) is 0 Å². The molecule has 0 saturated heterocycles. The molecule has 2 heterocycles. The Kier molecular flexibility index (Phi) is 5.18. The number of fused-ring (bicyclic) bond motifs is 1. The van der Waals surface area contributed by atoms with Gasteiger partial charge in [-0.25, -0.2) is 9.67 Å². The van der Waals surface area contributed by atoms with Crippen molar-refractivity contribution >= 4 is 34.2 Å². The predicted octanol–water partition coefficient (Wildman–Crippen LogP) is 5.26. The minimum atomic E-state index is -0.306. The number of aryl methyl sites for hydroxylation is 2. The second-order valence-electron chi connectivity index (χ2n) is 7.08. The number of ether oxygens (including phenoxy) is 1. The van der Waals surface area contributed by atoms with E-state index in [0.717, 1.165) is 28.3 Å². The zero-order chi connectivity index (χ0) is 21.4. The maximum Gasteiger partial charge on any atom is 0.258 e. The lowest BCUT2D eigenvalue weighted by Crippen LogP contribution is -2.14. The summed E-state index contributed by atoms with van der Waals surface area (Å²) in [6.07, 6.45) is 1.49. The van der Waals surface area contributed by atoms with E-state index >= 15 is 0 Å². The number of nitrogens with zero attached hydrogens (tertiary/aromatic N) is 3. The molecule has 152 valence electrons. The SMILES string of the molecule is COc1ccc(-n2nc(C)c3c(Cl)c(C(=O)Nc4cccc(C)c4C)cnc32)cc1. The summed E-state index contributed by atoms with van der Waals surface area (Å²) in [5, 5.41) is 8.51. The first-order valence-electron chi connectivity index (χ1n) is 9.46. The summed E-state index contributed by atoms with van der Waals surface area (Å²) in [4.78, 5) is 17.4. The molecule has 0 saturated carbocycles. The molecule has 6 nitrogen and oxygen atoms in total. The molecule has 1 amide bonds. The van der Waals surface area contributed by atoms with Gasteiger partial charge in [0.05, 0.1) is 34.5 Å². The zero-order valence-corrected chi connectivity index (χ0v) is 17.9. The van der Waals surface area contributed by atoms with Crippen molar-refractivity contribution in [2.24, 2.45) is 0 Å². The van der Waals surface area contributed by atoms with Crippen LogP contribution in [0.3, 0.4) is 0 Å². The number of anilines is 1. The van der Waals surface area contributed by atoms with Crippen molar-refractivity contribution < 1.29 is 9.53 Å². The zero-order valence-electron chi connectivity index (χ0n) is 17.2. The van der Waals surface area contributed by atoms with Crippen molar-refractivity contribution in [1.82, 2.24) is 14.8 Å². The molecule has 4 aromatic rings. The molecule has 0 unspecified atom stereocenters. The monoisotopic (exact) mass is 420 g/mol. The molecular formula is C23H21ClN4O2. The number of hydrogen-bond donors (Lipinski definition) is 1. The lowest BCUT2D eigenvalue weighted by Gasteiger charge is -2.11. The molecule has 2 aromatic carbocycles. The Balaban J connectivity index is 1.74. The largest absolute Gasteiger partial charge is 0.497 e. The minimum Gasteiger partial charge on any atom is -0.497 e. The Hall–Kier alpha value is -3.38. The predicted molar refractivity (Wildman–Crippen MR) is 119 cm³/mol. The Morgan fingerprint density at radius 3 is 2.53 bits per heavy atom. The third-order valence-electron chi connectivity index (χ3n) is 5.22. The van der Waals surface area contributed by atoms with Gasteiger partial charge in [0.1, 0.15) is 5.75 Å². The summed E-state index contributed by atoms with van der Waals surface area (Å²) in [7, 11) is 1.62. The van der Waals surface area contributed by atoms with Crippen LogP contribution in [0.1, 0.15) is 27.2 Å². The van der Waals surface area contributed by atoms with Crippen LogP contribution in [0.15, 0.2) is 48.7 Å². The highest BCUT2D eigenvalue weighted by Crippen LogP contribution is 2.31. The minimum absolute atomic E-state index is 0.306. The van der Waals surface area contributed by atoms with Gasteiger partial charge in [-0.2, -0.15) is 5.10 Å². The highest BCUT2D eigenvalue weighted by atomic mass is 35.5. The smallest absolute Gasteiger partial charge is 0.258 e. The molecule has 7 heteroatoms. The van der Waals surface area contributed by atoms with Crippen molar-refractivity contribution in [3.05, 3.63) is 76.1 Å². The van der Waals surface area contributed by atoms with Gasteiger partial charge in [0.2, 0.25) is 0 Å². The fourth-order valence-electron chi connectivity index (χ4n) is 3.35. The molecule has 0 aliphatic heterocycles. The van der Waals surface area contributed by atoms with Gasteiger partial charge in [-0.3, -0.25) is 4.79 Å². The number of aromatic nitrogens is 3. The topological polar surface area (TPSA) is 69.0 Å². The lowest BCUT2D eigenvalue weighted by molar-refractivity contribution is 0.102. The molecule has 4 rings (SSSR count). The maximum atomic E-state index is 12.9. The van der Waals surface area contributed by atoms with Crippen molar-refractivity contribution in [1.29, 1.82) is 0 Å². The molecule has 2 aromatic heterocycles. The number of carbonyl (C=O) groups is 1. The number of pyridine rings is 1. The van der Waals surface area contributed by atoms with Crippen molar-refractivity contribution in [2.45, 2.75) is 20.8 Å². The summed E-state index contributed by atoms with van der Waals surface area (Å²) in [5.41, 5.74) is 5.28. The van der Waals surface area contributed by atoms with E-state index in [1.165, 1.54) is 6.20 Å². The van der Waals surface area contributed by atoms with Crippen LogP contribution >= 0.6 is 11.6 Å². The molecule has 0 aliphatic carbocycles. The number of rotatable bonds is 4. The summed E-state index contributed by atoms with van der Waals surface area (Å²) in [5.74, 6) is 0.447. The highest BCUT2D eigenvalue weighted by molar-refractivity contribution is 6.39. The van der Waals surface area contributed by atoms with Gasteiger partial charge >= 0.3 is 0 Å². The summed E-state index contributed by atoms with van der Waals surface area (Å²) in [6, 6.07) is 13.3. The third-order valence-corrected chi connectivity index (χ3v) is 5.61. The van der Waals surface area contributed by atoms with E-state index in [1.807, 2.05) is 63.2 Å². The van der Waals surface area contributed by atoms with Crippen LogP contribution in [0.5, 0.6) is 5.75 Å². The number of carbonyl (C=O) groups excluding carboxylic acids is 1. The fourth-order valence-corrected chi connectivity index (χ4v) is 3.70. The van der Waals surface area contributed by atoms with Crippen molar-refractivity contribution in [3.8, 4) is 11.4 Å². The summed E-state index contributed by atoms with van der Waals surface area (Å²) < 4.78 is 6.92. The molecule has 1 N–H and O–H groups in total. The van der Waals surface area contributed by atoms with Gasteiger partial charge in [-0.05, 0) is 62.2 Å². The van der Waals surface area contributed by atoms with E-state index < -0.39 is 0 Å². The van der Waals surface area contributed by atoms with Crippen LogP contribution in [0.4, 0.5) is 5.69 Å². The quantitative estimate of drug-likeness (QED) is 0.489. The number of halogens is 1. The standard InChI is InChI=1S/C23H21ClN4O2/c1-13-6-5-7-19(14(13)2)26-23(29)18-12-25-22-20(21(18)24)15(3)27-28(22)16-8-10-17(30-4)11-9-16/h5-12H,1-4H3,(H,26,29). The number of methoxy groups -OCH3 is 1. The Morgan fingerprint density at radius 2 is 1.83 bits per heavy atom. The van der Waals surface area contributed by atoms with Crippen LogP contribution in [-0.2, 0) is 0 Å². The van der Waals surface area contributed by atoms with Gasteiger partial charge < -0.3 is 10.1 Å². The molecule has 0 bridgehead atoms. The molecule has 0 radical (unpaired) electrons. The molecule has 0 aliphatic rings. The second-order valence-corrected chi connectivity index (χ2v) is 7.46. The van der Waals surface area contributed by atoms with Gasteiger partial charge in [0, 0.05) is 11.9 Å². The first-order chi connectivity index (χ1) is 14.4. The van der Waals surface area contributed by atoms with E-state index in [9.17, 15) is 4.79 Å². The first kappa shape index (κ1) is 19.9. The number of hydrogen-bond acceptors (Lipinski definition) is 4. The average molecular weight is 421 g/mol. The molecule has 0 atom stereocenters. The van der Waals surface area contributed by atoms with Crippen LogP contribution in [0.2, 0.25) is 5.02 Å². The highest BCUT2D eigenvalue weighted by Gasteiger charge is 2.20. The van der Waals surface area contributed by atoms with Crippen molar-refractivity contribution in [2.75, 3.05) is 12.4 Å². The van der Waals surface area contributed by atoms with Crippen LogP contribution < -0.4 is 10.1 Å². The van der Waals surface area contributed by atoms with Gasteiger partial charge in [-0.1, -0.05) is 23.7 Å². The number of amides is 1.